The predicted molar refractivity (Wildman–Crippen MR) is 131 cm³/mol. The molecule has 174 valence electrons. The molecule has 3 atom stereocenters. The monoisotopic (exact) mass is 446 g/mol. The summed E-state index contributed by atoms with van der Waals surface area (Å²) in [6.45, 7) is 10.5. The van der Waals surface area contributed by atoms with Crippen molar-refractivity contribution in [2.45, 2.75) is 71.5 Å². The van der Waals surface area contributed by atoms with Gasteiger partial charge in [-0.3, -0.25) is 0 Å². The molecule has 1 heterocycles. The van der Waals surface area contributed by atoms with E-state index in [1.807, 2.05) is 37.3 Å². The van der Waals surface area contributed by atoms with Gasteiger partial charge >= 0.3 is 5.97 Å². The lowest BCUT2D eigenvalue weighted by Gasteiger charge is -2.35. The highest BCUT2D eigenvalue weighted by molar-refractivity contribution is 5.96. The van der Waals surface area contributed by atoms with Crippen LogP contribution >= 0.6 is 0 Å². The lowest BCUT2D eigenvalue weighted by molar-refractivity contribution is -0.0634. The van der Waals surface area contributed by atoms with Crippen molar-refractivity contribution in [2.24, 2.45) is 5.92 Å². The van der Waals surface area contributed by atoms with E-state index in [0.29, 0.717) is 23.3 Å². The quantitative estimate of drug-likeness (QED) is 0.274. The Morgan fingerprint density at radius 3 is 2.64 bits per heavy atom. The molecule has 0 fully saturated rings. The third-order valence-corrected chi connectivity index (χ3v) is 6.86. The zero-order chi connectivity index (χ0) is 23.5. The van der Waals surface area contributed by atoms with Gasteiger partial charge in [-0.15, -0.1) is 0 Å². The minimum Gasteiger partial charge on any atom is -0.507 e. The Morgan fingerprint density at radius 2 is 1.94 bits per heavy atom. The highest BCUT2D eigenvalue weighted by atomic mass is 16.7. The van der Waals surface area contributed by atoms with Crippen LogP contribution in [-0.4, -0.2) is 11.1 Å². The van der Waals surface area contributed by atoms with Gasteiger partial charge in [0.05, 0.1) is 0 Å². The van der Waals surface area contributed by atoms with E-state index >= 15 is 0 Å². The normalized spacial score (nSPS) is 22.1. The number of carbonyl (C=O) groups is 1. The zero-order valence-corrected chi connectivity index (χ0v) is 19.9. The Balaban J connectivity index is 1.87. The van der Waals surface area contributed by atoms with E-state index in [2.05, 4.69) is 26.5 Å². The average Bonchev–Trinajstić information content (AvgIpc) is 2.79. The summed E-state index contributed by atoms with van der Waals surface area (Å²) in [6.07, 6.45) is 7.10. The summed E-state index contributed by atoms with van der Waals surface area (Å²) in [7, 11) is 0. The first kappa shape index (κ1) is 23.2. The molecule has 4 heteroatoms. The Bertz CT molecular complexity index is 1070. The first-order valence-electron chi connectivity index (χ1n) is 12.0. The number of cyclic esters (lactones) is 1. The van der Waals surface area contributed by atoms with Crippen LogP contribution in [0.15, 0.2) is 60.2 Å². The summed E-state index contributed by atoms with van der Waals surface area (Å²) in [5, 5.41) is 11.3. The van der Waals surface area contributed by atoms with Crippen molar-refractivity contribution in [3.63, 3.8) is 0 Å². The van der Waals surface area contributed by atoms with Gasteiger partial charge in [-0.25, -0.2) is 4.79 Å². The van der Waals surface area contributed by atoms with Crippen molar-refractivity contribution >= 4 is 5.97 Å². The van der Waals surface area contributed by atoms with Crippen LogP contribution in [-0.2, 0) is 11.2 Å². The molecule has 0 bridgehead atoms. The molecule has 2 aliphatic rings. The predicted octanol–water partition coefficient (Wildman–Crippen LogP) is 7.39. The number of aromatic hydroxyl groups is 1. The number of benzene rings is 2. The Labute approximate surface area is 196 Å². The van der Waals surface area contributed by atoms with E-state index in [0.717, 1.165) is 48.8 Å². The second-order valence-electron chi connectivity index (χ2n) is 9.43. The molecule has 0 spiro atoms. The van der Waals surface area contributed by atoms with Gasteiger partial charge in [-0.2, -0.15) is 0 Å². The molecule has 0 radical (unpaired) electrons. The second-order valence-corrected chi connectivity index (χ2v) is 9.43. The molecule has 0 saturated heterocycles. The fourth-order valence-corrected chi connectivity index (χ4v) is 5.08. The number of hydrogen-bond donors (Lipinski definition) is 1. The molecule has 2 aromatic rings. The summed E-state index contributed by atoms with van der Waals surface area (Å²) in [6, 6.07) is 11.2. The van der Waals surface area contributed by atoms with Crippen LogP contribution in [0, 0.1) is 5.92 Å². The lowest BCUT2D eigenvalue weighted by atomic mass is 9.73. The third kappa shape index (κ3) is 4.71. The number of hydrogen-bond acceptors (Lipinski definition) is 4. The molecule has 0 amide bonds. The van der Waals surface area contributed by atoms with E-state index in [1.165, 1.54) is 5.57 Å². The molecular weight excluding hydrogens is 412 g/mol. The van der Waals surface area contributed by atoms with Gasteiger partial charge in [0.2, 0.25) is 0 Å². The van der Waals surface area contributed by atoms with Gasteiger partial charge in [0, 0.05) is 17.0 Å². The van der Waals surface area contributed by atoms with Gasteiger partial charge in [0.15, 0.2) is 0 Å². The summed E-state index contributed by atoms with van der Waals surface area (Å²) in [5.74, 6) is 0.336. The second kappa shape index (κ2) is 9.86. The molecule has 4 rings (SSSR count). The van der Waals surface area contributed by atoms with Crippen LogP contribution in [0.3, 0.4) is 0 Å². The molecule has 2 aromatic carbocycles. The van der Waals surface area contributed by atoms with Gasteiger partial charge in [0.25, 0.3) is 6.29 Å². The van der Waals surface area contributed by atoms with Crippen molar-refractivity contribution in [2.75, 3.05) is 0 Å². The van der Waals surface area contributed by atoms with Gasteiger partial charge in [-0.05, 0) is 57.1 Å². The molecule has 1 N–H and O–H groups in total. The Hall–Kier alpha value is -3.01. The highest BCUT2D eigenvalue weighted by Gasteiger charge is 2.38. The molecule has 1 aliphatic heterocycles. The number of carbonyl (C=O) groups excluding carboxylic acids is 1. The number of esters is 1. The van der Waals surface area contributed by atoms with Gasteiger partial charge in [-0.1, -0.05) is 73.9 Å². The largest absolute Gasteiger partial charge is 0.507 e. The van der Waals surface area contributed by atoms with Crippen LogP contribution in [0.2, 0.25) is 0 Å². The fraction of sp³-hybridized carbons (Fsp3) is 0.414. The molecule has 4 nitrogen and oxygen atoms in total. The smallest absolute Gasteiger partial charge is 0.345 e. The number of rotatable bonds is 7. The molecule has 1 unspecified atom stereocenters. The standard InChI is InChI=1S/C29H34O4/c1-5-6-8-13-21-17-24(30)26(23-16-19(4)14-15-22(23)18(2)3)27-25(21)28(31)33-29(32-27)20-11-9-7-10-12-20/h7,9-12,16-17,22-23,29-30H,2,5-6,8,13-15H2,1,3-4H3/t22-,23+,29?/m0/s1. The molecular formula is C29H34O4. The van der Waals surface area contributed by atoms with E-state index in [1.54, 1.807) is 6.07 Å². The molecule has 0 aromatic heterocycles. The Morgan fingerprint density at radius 1 is 1.18 bits per heavy atom. The van der Waals surface area contributed by atoms with Crippen LogP contribution in [0.25, 0.3) is 0 Å². The van der Waals surface area contributed by atoms with Crippen LogP contribution < -0.4 is 4.74 Å². The van der Waals surface area contributed by atoms with Crippen molar-refractivity contribution < 1.29 is 19.4 Å². The maximum absolute atomic E-state index is 13.3. The van der Waals surface area contributed by atoms with E-state index < -0.39 is 6.29 Å². The first-order valence-corrected chi connectivity index (χ1v) is 12.0. The van der Waals surface area contributed by atoms with Gasteiger partial charge in [0.1, 0.15) is 17.1 Å². The lowest BCUT2D eigenvalue weighted by Crippen LogP contribution is -2.27. The maximum atomic E-state index is 13.3. The van der Waals surface area contributed by atoms with Crippen molar-refractivity contribution in [1.29, 1.82) is 0 Å². The number of aryl methyl sites for hydroxylation is 1. The zero-order valence-electron chi connectivity index (χ0n) is 19.9. The van der Waals surface area contributed by atoms with E-state index in [4.69, 9.17) is 9.47 Å². The van der Waals surface area contributed by atoms with E-state index in [9.17, 15) is 9.90 Å². The van der Waals surface area contributed by atoms with Crippen molar-refractivity contribution in [1.82, 2.24) is 0 Å². The first-order chi connectivity index (χ1) is 15.9. The minimum absolute atomic E-state index is 0.1000. The number of fused-ring (bicyclic) bond motifs is 1. The summed E-state index contributed by atoms with van der Waals surface area (Å²) in [4.78, 5) is 13.3. The average molecular weight is 447 g/mol. The summed E-state index contributed by atoms with van der Waals surface area (Å²) in [5.41, 5.74) is 5.04. The highest BCUT2D eigenvalue weighted by Crippen LogP contribution is 2.51. The molecule has 1 aliphatic carbocycles. The molecule has 0 saturated carbocycles. The van der Waals surface area contributed by atoms with E-state index in [-0.39, 0.29) is 23.6 Å². The van der Waals surface area contributed by atoms with Crippen molar-refractivity contribution in [3.8, 4) is 11.5 Å². The SMILES string of the molecule is C=C(C)[C@@H]1CCC(C)=C[C@H]1c1c(O)cc(CCCCC)c2c1OC(c1ccccc1)OC2=O. The fourth-order valence-electron chi connectivity index (χ4n) is 5.08. The topological polar surface area (TPSA) is 55.8 Å². The number of phenolic OH excluding ortho intramolecular Hbond substituents is 1. The van der Waals surface area contributed by atoms with Crippen LogP contribution in [0.1, 0.15) is 92.1 Å². The number of unbranched alkanes of at least 4 members (excludes halogenated alkanes) is 2. The van der Waals surface area contributed by atoms with Crippen LogP contribution in [0.4, 0.5) is 0 Å². The molecule has 33 heavy (non-hydrogen) atoms. The van der Waals surface area contributed by atoms with Crippen molar-refractivity contribution in [3.05, 3.63) is 82.5 Å². The minimum atomic E-state index is -0.841. The summed E-state index contributed by atoms with van der Waals surface area (Å²) >= 11 is 0. The number of allylic oxidation sites excluding steroid dienone is 3. The van der Waals surface area contributed by atoms with Gasteiger partial charge < -0.3 is 14.6 Å². The van der Waals surface area contributed by atoms with Crippen LogP contribution in [0.5, 0.6) is 11.5 Å². The number of ether oxygens (including phenoxy) is 2. The maximum Gasteiger partial charge on any atom is 0.345 e. The third-order valence-electron chi connectivity index (χ3n) is 6.86. The number of phenols is 1. The Kier molecular flexibility index (Phi) is 6.92. The summed E-state index contributed by atoms with van der Waals surface area (Å²) < 4.78 is 12.1.